The Balaban J connectivity index is 2.08. The first-order valence-electron chi connectivity index (χ1n) is 5.94. The van der Waals surface area contributed by atoms with Crippen molar-refractivity contribution in [3.63, 3.8) is 0 Å². The maximum atomic E-state index is 5.48. The quantitative estimate of drug-likeness (QED) is 0.690. The van der Waals surface area contributed by atoms with Crippen LogP contribution in [0.15, 0.2) is 46.0 Å². The highest BCUT2D eigenvalue weighted by atomic mass is 16.5. The van der Waals surface area contributed by atoms with E-state index in [0.29, 0.717) is 0 Å². The maximum Gasteiger partial charge on any atom is 0.144 e. The van der Waals surface area contributed by atoms with Gasteiger partial charge in [-0.2, -0.15) is 0 Å². The molecule has 0 spiro atoms. The van der Waals surface area contributed by atoms with E-state index in [4.69, 9.17) is 4.52 Å². The van der Waals surface area contributed by atoms with Gasteiger partial charge in [-0.25, -0.2) is 0 Å². The molecule has 0 fully saturated rings. The molecule has 1 aromatic heterocycles. The Kier molecular flexibility index (Phi) is 2.36. The highest BCUT2D eigenvalue weighted by Gasteiger charge is 2.22. The van der Waals surface area contributed by atoms with Gasteiger partial charge >= 0.3 is 0 Å². The molecule has 1 aliphatic carbocycles. The van der Waals surface area contributed by atoms with Crippen LogP contribution in [0.4, 0.5) is 0 Å². The maximum absolute atomic E-state index is 5.48. The first-order valence-corrected chi connectivity index (χ1v) is 5.94. The summed E-state index contributed by atoms with van der Waals surface area (Å²) >= 11 is 0. The normalized spacial score (nSPS) is 14.9. The van der Waals surface area contributed by atoms with Crippen molar-refractivity contribution in [2.24, 2.45) is 0 Å². The van der Waals surface area contributed by atoms with Crippen LogP contribution >= 0.6 is 0 Å². The molecule has 2 aromatic rings. The zero-order chi connectivity index (χ0) is 11.8. The summed E-state index contributed by atoms with van der Waals surface area (Å²) in [6, 6.07) is 10.3. The smallest absolute Gasteiger partial charge is 0.144 e. The molecule has 3 rings (SSSR count). The molecule has 86 valence electrons. The predicted octanol–water partition coefficient (Wildman–Crippen LogP) is 3.78. The number of hydrogen-bond donors (Lipinski definition) is 0. The van der Waals surface area contributed by atoms with Crippen molar-refractivity contribution in [2.75, 3.05) is 0 Å². The summed E-state index contributed by atoms with van der Waals surface area (Å²) in [4.78, 5) is 0. The van der Waals surface area contributed by atoms with Crippen LogP contribution in [0.3, 0.4) is 0 Å². The average Bonchev–Trinajstić information content (AvgIpc) is 2.74. The van der Waals surface area contributed by atoms with E-state index in [1.165, 1.54) is 16.7 Å². The Hall–Kier alpha value is -1.83. The number of allylic oxidation sites excluding steroid dienone is 2. The fourth-order valence-electron chi connectivity index (χ4n) is 2.30. The molecule has 0 saturated carbocycles. The lowest BCUT2D eigenvalue weighted by Gasteiger charge is -2.13. The van der Waals surface area contributed by atoms with Crippen molar-refractivity contribution in [3.8, 4) is 11.3 Å². The molecular weight excluding hydrogens is 210 g/mol. The molecule has 0 atom stereocenters. The van der Waals surface area contributed by atoms with Crippen molar-refractivity contribution in [3.05, 3.63) is 52.8 Å². The summed E-state index contributed by atoms with van der Waals surface area (Å²) in [7, 11) is 0. The van der Waals surface area contributed by atoms with E-state index in [1.807, 2.05) is 18.2 Å². The molecule has 1 aromatic carbocycles. The van der Waals surface area contributed by atoms with Crippen LogP contribution in [-0.4, -0.2) is 5.16 Å². The Morgan fingerprint density at radius 3 is 2.47 bits per heavy atom. The van der Waals surface area contributed by atoms with Crippen LogP contribution in [0.5, 0.6) is 0 Å². The zero-order valence-corrected chi connectivity index (χ0v) is 10.2. The lowest BCUT2D eigenvalue weighted by Crippen LogP contribution is -2.03. The lowest BCUT2D eigenvalue weighted by molar-refractivity contribution is 0.388. The summed E-state index contributed by atoms with van der Waals surface area (Å²) in [5.41, 5.74) is 6.27. The number of fused-ring (bicyclic) bond motifs is 1. The third-order valence-corrected chi connectivity index (χ3v) is 3.51. The van der Waals surface area contributed by atoms with E-state index in [2.05, 4.69) is 31.1 Å². The van der Waals surface area contributed by atoms with Crippen molar-refractivity contribution in [1.29, 1.82) is 0 Å². The van der Waals surface area contributed by atoms with Crippen molar-refractivity contribution in [1.82, 2.24) is 5.16 Å². The molecule has 1 aliphatic rings. The van der Waals surface area contributed by atoms with Crippen LogP contribution < -0.4 is 0 Å². The second-order valence-corrected chi connectivity index (χ2v) is 4.71. The van der Waals surface area contributed by atoms with E-state index in [9.17, 15) is 0 Å². The first kappa shape index (κ1) is 10.3. The molecule has 2 nitrogen and oxygen atoms in total. The van der Waals surface area contributed by atoms with E-state index < -0.39 is 0 Å². The first-order chi connectivity index (χ1) is 8.25. The summed E-state index contributed by atoms with van der Waals surface area (Å²) < 4.78 is 5.48. The van der Waals surface area contributed by atoms with Gasteiger partial charge in [-0.3, -0.25) is 0 Å². The molecule has 2 heteroatoms. The Morgan fingerprint density at radius 2 is 1.71 bits per heavy atom. The van der Waals surface area contributed by atoms with Gasteiger partial charge in [-0.15, -0.1) is 0 Å². The second-order valence-electron chi connectivity index (χ2n) is 4.71. The molecule has 17 heavy (non-hydrogen) atoms. The SMILES string of the molecule is CC1=C(C)Cc2c(-c3ccccc3)noc2C1. The highest BCUT2D eigenvalue weighted by Crippen LogP contribution is 2.33. The third kappa shape index (κ3) is 1.70. The van der Waals surface area contributed by atoms with Gasteiger partial charge in [0.25, 0.3) is 0 Å². The number of hydrogen-bond acceptors (Lipinski definition) is 2. The third-order valence-electron chi connectivity index (χ3n) is 3.51. The van der Waals surface area contributed by atoms with Crippen LogP contribution in [0.25, 0.3) is 11.3 Å². The number of rotatable bonds is 1. The largest absolute Gasteiger partial charge is 0.360 e. The molecule has 0 radical (unpaired) electrons. The van der Waals surface area contributed by atoms with Gasteiger partial charge < -0.3 is 4.52 Å². The second kappa shape index (κ2) is 3.88. The van der Waals surface area contributed by atoms with Gasteiger partial charge in [0, 0.05) is 17.5 Å². The van der Waals surface area contributed by atoms with Crippen LogP contribution in [-0.2, 0) is 12.8 Å². The van der Waals surface area contributed by atoms with E-state index in [-0.39, 0.29) is 0 Å². The number of nitrogens with zero attached hydrogens (tertiary/aromatic N) is 1. The molecule has 0 unspecified atom stereocenters. The van der Waals surface area contributed by atoms with Crippen molar-refractivity contribution in [2.45, 2.75) is 26.7 Å². The molecular formula is C15H15NO. The fourth-order valence-corrected chi connectivity index (χ4v) is 2.30. The molecule has 0 saturated heterocycles. The summed E-state index contributed by atoms with van der Waals surface area (Å²) in [5.74, 6) is 1.03. The minimum Gasteiger partial charge on any atom is -0.360 e. The van der Waals surface area contributed by atoms with E-state index >= 15 is 0 Å². The topological polar surface area (TPSA) is 26.0 Å². The minimum absolute atomic E-state index is 0.904. The molecule has 0 amide bonds. The van der Waals surface area contributed by atoms with E-state index in [0.717, 1.165) is 29.9 Å². The standard InChI is InChI=1S/C15H15NO/c1-10-8-13-14(9-11(10)2)17-16-15(13)12-6-4-3-5-7-12/h3-7H,8-9H2,1-2H3. The van der Waals surface area contributed by atoms with Gasteiger partial charge in [-0.05, 0) is 20.3 Å². The molecule has 0 aliphatic heterocycles. The monoisotopic (exact) mass is 225 g/mol. The predicted molar refractivity (Wildman–Crippen MR) is 67.7 cm³/mol. The number of aromatic nitrogens is 1. The summed E-state index contributed by atoms with van der Waals surface area (Å²) in [6.45, 7) is 4.36. The van der Waals surface area contributed by atoms with Gasteiger partial charge in [0.2, 0.25) is 0 Å². The van der Waals surface area contributed by atoms with E-state index in [1.54, 1.807) is 0 Å². The molecule has 0 N–H and O–H groups in total. The van der Waals surface area contributed by atoms with Gasteiger partial charge in [0.05, 0.1) is 0 Å². The van der Waals surface area contributed by atoms with Crippen LogP contribution in [0, 0.1) is 0 Å². The number of benzene rings is 1. The van der Waals surface area contributed by atoms with Crippen LogP contribution in [0.1, 0.15) is 25.2 Å². The minimum atomic E-state index is 0.904. The lowest BCUT2D eigenvalue weighted by atomic mass is 9.90. The van der Waals surface area contributed by atoms with Crippen molar-refractivity contribution >= 4 is 0 Å². The average molecular weight is 225 g/mol. The van der Waals surface area contributed by atoms with Crippen LogP contribution in [0.2, 0.25) is 0 Å². The van der Waals surface area contributed by atoms with Crippen molar-refractivity contribution < 1.29 is 4.52 Å². The Morgan fingerprint density at radius 1 is 1.00 bits per heavy atom. The van der Waals surface area contributed by atoms with Gasteiger partial charge in [0.1, 0.15) is 11.5 Å². The zero-order valence-electron chi connectivity index (χ0n) is 10.2. The molecule has 0 bridgehead atoms. The Bertz CT molecular complexity index is 578. The summed E-state index contributed by atoms with van der Waals surface area (Å²) in [6.07, 6.45) is 1.87. The Labute approximate surface area is 101 Å². The fraction of sp³-hybridized carbons (Fsp3) is 0.267. The van der Waals surface area contributed by atoms with Gasteiger partial charge in [0.15, 0.2) is 0 Å². The molecule has 1 heterocycles. The van der Waals surface area contributed by atoms with Gasteiger partial charge in [-0.1, -0.05) is 46.6 Å². The summed E-state index contributed by atoms with van der Waals surface area (Å²) in [5, 5.41) is 4.24. The highest BCUT2D eigenvalue weighted by molar-refractivity contribution is 5.64.